The zero-order valence-corrected chi connectivity index (χ0v) is 19.0. The van der Waals surface area contributed by atoms with Gasteiger partial charge in [0.25, 0.3) is 0 Å². The number of aromatic carboxylic acids is 1. The number of hydrogen-bond donors (Lipinski definition) is 1. The summed E-state index contributed by atoms with van der Waals surface area (Å²) in [5.41, 5.74) is 3.06. The summed E-state index contributed by atoms with van der Waals surface area (Å²) in [5, 5.41) is 17.1. The van der Waals surface area contributed by atoms with Crippen LogP contribution in [0.25, 0.3) is 22.8 Å². The minimum Gasteiger partial charge on any atom is -0.477 e. The number of pyridine rings is 2. The van der Waals surface area contributed by atoms with Crippen LogP contribution in [-0.4, -0.2) is 40.6 Å². The second kappa shape index (κ2) is 10.9. The predicted octanol–water partition coefficient (Wildman–Crippen LogP) is 3.70. The second-order valence-corrected chi connectivity index (χ2v) is 6.25. The van der Waals surface area contributed by atoms with Crippen molar-refractivity contribution in [1.29, 1.82) is 0 Å². The Balaban J connectivity index is 0.000000176. The minimum atomic E-state index is -1.03. The van der Waals surface area contributed by atoms with Crippen LogP contribution in [0.2, 0.25) is 0 Å². The van der Waals surface area contributed by atoms with E-state index >= 15 is 0 Å². The molecule has 0 saturated carbocycles. The number of carboxylic acids is 1. The summed E-state index contributed by atoms with van der Waals surface area (Å²) in [4.78, 5) is 18.8. The standard InChI is InChI=1S/C12H9N4.C11H8N2O2.Ir/c1-4-11(15-8-2-6-13-15)10-12(5-1)16-9-3-7-14-16;14-11(15)10-6-3-5-9(13-10)8-4-1-2-7-12-8;/h1-9H;1-7H,(H,14,15);/q-1;;. The van der Waals surface area contributed by atoms with Gasteiger partial charge in [0, 0.05) is 51.1 Å². The van der Waals surface area contributed by atoms with E-state index in [9.17, 15) is 4.79 Å². The van der Waals surface area contributed by atoms with Crippen LogP contribution in [0.3, 0.4) is 0 Å². The smallest absolute Gasteiger partial charge is 0.354 e. The van der Waals surface area contributed by atoms with Crippen LogP contribution in [0.4, 0.5) is 0 Å². The number of hydrogen-bond acceptors (Lipinski definition) is 5. The van der Waals surface area contributed by atoms with Crippen molar-refractivity contribution in [2.45, 2.75) is 0 Å². The molecule has 0 aliphatic heterocycles. The van der Waals surface area contributed by atoms with E-state index in [1.807, 2.05) is 48.8 Å². The Kier molecular flexibility index (Phi) is 7.75. The third kappa shape index (κ3) is 5.60. The number of carbonyl (C=O) groups is 1. The number of benzene rings is 1. The Morgan fingerprint density at radius 2 is 1.38 bits per heavy atom. The fourth-order valence-electron chi connectivity index (χ4n) is 2.75. The Morgan fingerprint density at radius 3 is 1.91 bits per heavy atom. The van der Waals surface area contributed by atoms with Gasteiger partial charge >= 0.3 is 5.97 Å². The van der Waals surface area contributed by atoms with Crippen molar-refractivity contribution in [3.8, 4) is 22.8 Å². The van der Waals surface area contributed by atoms with E-state index in [-0.39, 0.29) is 25.8 Å². The van der Waals surface area contributed by atoms with Crippen LogP contribution in [0.1, 0.15) is 10.5 Å². The first kappa shape index (κ1) is 22.7. The molecular formula is C23H17IrN6O2-. The molecule has 0 atom stereocenters. The molecule has 5 rings (SSSR count). The van der Waals surface area contributed by atoms with Crippen LogP contribution in [0, 0.1) is 6.07 Å². The molecular weight excluding hydrogens is 585 g/mol. The molecule has 1 aromatic carbocycles. The third-order valence-corrected chi connectivity index (χ3v) is 4.16. The van der Waals surface area contributed by atoms with E-state index in [4.69, 9.17) is 5.11 Å². The fourth-order valence-corrected chi connectivity index (χ4v) is 2.75. The van der Waals surface area contributed by atoms with Crippen molar-refractivity contribution in [3.63, 3.8) is 0 Å². The van der Waals surface area contributed by atoms with Gasteiger partial charge in [-0.05, 0) is 47.8 Å². The number of nitrogens with zero attached hydrogens (tertiary/aromatic N) is 6. The van der Waals surface area contributed by atoms with Crippen LogP contribution in [0.5, 0.6) is 0 Å². The minimum absolute atomic E-state index is 0. The molecule has 0 aliphatic rings. The Morgan fingerprint density at radius 1 is 0.750 bits per heavy atom. The molecule has 0 fully saturated rings. The van der Waals surface area contributed by atoms with Gasteiger partial charge in [-0.15, -0.1) is 18.2 Å². The Hall–Kier alpha value is -3.94. The molecule has 161 valence electrons. The maximum absolute atomic E-state index is 10.7. The van der Waals surface area contributed by atoms with Crippen molar-refractivity contribution >= 4 is 5.97 Å². The van der Waals surface area contributed by atoms with E-state index in [2.05, 4.69) is 26.2 Å². The zero-order valence-electron chi connectivity index (χ0n) is 16.6. The van der Waals surface area contributed by atoms with Gasteiger partial charge in [0.05, 0.1) is 11.4 Å². The van der Waals surface area contributed by atoms with Gasteiger partial charge in [0.15, 0.2) is 0 Å². The fraction of sp³-hybridized carbons (Fsp3) is 0. The molecule has 4 aromatic heterocycles. The molecule has 0 amide bonds. The quantitative estimate of drug-likeness (QED) is 0.316. The maximum atomic E-state index is 10.7. The third-order valence-electron chi connectivity index (χ3n) is 4.16. The van der Waals surface area contributed by atoms with Gasteiger partial charge in [-0.25, -0.2) is 9.78 Å². The molecule has 5 aromatic rings. The van der Waals surface area contributed by atoms with Crippen molar-refractivity contribution in [1.82, 2.24) is 29.5 Å². The SMILES string of the molecule is O=C(O)c1cccc(-c2ccccn2)n1.[Ir].[c-]1c(-n2cccn2)cccc1-n1cccn1. The Bertz CT molecular complexity index is 1210. The van der Waals surface area contributed by atoms with Gasteiger partial charge in [-0.2, -0.15) is 16.3 Å². The molecule has 32 heavy (non-hydrogen) atoms. The van der Waals surface area contributed by atoms with Crippen molar-refractivity contribution in [3.05, 3.63) is 109 Å². The number of aromatic nitrogens is 6. The zero-order chi connectivity index (χ0) is 21.5. The van der Waals surface area contributed by atoms with Crippen LogP contribution < -0.4 is 0 Å². The molecule has 8 nitrogen and oxygen atoms in total. The van der Waals surface area contributed by atoms with Gasteiger partial charge in [-0.3, -0.25) is 14.3 Å². The molecule has 9 heteroatoms. The molecule has 1 radical (unpaired) electrons. The summed E-state index contributed by atoms with van der Waals surface area (Å²) >= 11 is 0. The van der Waals surface area contributed by atoms with E-state index < -0.39 is 5.97 Å². The first-order valence-electron chi connectivity index (χ1n) is 9.35. The van der Waals surface area contributed by atoms with Gasteiger partial charge in [0.2, 0.25) is 0 Å². The van der Waals surface area contributed by atoms with Gasteiger partial charge < -0.3 is 5.11 Å². The maximum Gasteiger partial charge on any atom is 0.354 e. The summed E-state index contributed by atoms with van der Waals surface area (Å²) in [5.74, 6) is -1.03. The average Bonchev–Trinajstić information content (AvgIpc) is 3.55. The van der Waals surface area contributed by atoms with Crippen molar-refractivity contribution < 1.29 is 30.0 Å². The normalized spacial score (nSPS) is 9.88. The summed E-state index contributed by atoms with van der Waals surface area (Å²) < 4.78 is 3.54. The van der Waals surface area contributed by atoms with Crippen molar-refractivity contribution in [2.75, 3.05) is 0 Å². The summed E-state index contributed by atoms with van der Waals surface area (Å²) in [7, 11) is 0. The summed E-state index contributed by atoms with van der Waals surface area (Å²) in [6.45, 7) is 0. The predicted molar refractivity (Wildman–Crippen MR) is 114 cm³/mol. The monoisotopic (exact) mass is 602 g/mol. The average molecular weight is 602 g/mol. The van der Waals surface area contributed by atoms with Crippen LogP contribution in [-0.2, 0) is 20.1 Å². The molecule has 4 heterocycles. The van der Waals surface area contributed by atoms with E-state index in [0.29, 0.717) is 11.4 Å². The van der Waals surface area contributed by atoms with E-state index in [1.54, 1.807) is 52.2 Å². The van der Waals surface area contributed by atoms with Crippen LogP contribution in [0.15, 0.2) is 97.7 Å². The molecule has 1 N–H and O–H groups in total. The summed E-state index contributed by atoms with van der Waals surface area (Å²) in [6, 6.07) is 23.1. The topological polar surface area (TPSA) is 98.7 Å². The molecule has 0 unspecified atom stereocenters. The number of rotatable bonds is 4. The first-order chi connectivity index (χ1) is 15.2. The molecule has 0 spiro atoms. The van der Waals surface area contributed by atoms with Crippen molar-refractivity contribution in [2.24, 2.45) is 0 Å². The number of carboxylic acid groups (broad SMARTS) is 1. The largest absolute Gasteiger partial charge is 0.477 e. The van der Waals surface area contributed by atoms with Gasteiger partial charge in [-0.1, -0.05) is 12.1 Å². The second-order valence-electron chi connectivity index (χ2n) is 6.25. The molecule has 0 bridgehead atoms. The summed E-state index contributed by atoms with van der Waals surface area (Å²) in [6.07, 6.45) is 8.91. The molecule has 0 saturated heterocycles. The van der Waals surface area contributed by atoms with E-state index in [0.717, 1.165) is 11.4 Å². The molecule has 0 aliphatic carbocycles. The van der Waals surface area contributed by atoms with Gasteiger partial charge in [0.1, 0.15) is 5.69 Å². The van der Waals surface area contributed by atoms with E-state index in [1.165, 1.54) is 6.07 Å². The Labute approximate surface area is 197 Å². The van der Waals surface area contributed by atoms with Crippen LogP contribution >= 0.6 is 0 Å². The first-order valence-corrected chi connectivity index (χ1v) is 9.35.